The van der Waals surface area contributed by atoms with Gasteiger partial charge in [0.1, 0.15) is 10.8 Å². The fraction of sp³-hybridized carbons (Fsp3) is 0.412. The third-order valence-electron chi connectivity index (χ3n) is 4.41. The van der Waals surface area contributed by atoms with Crippen LogP contribution in [0, 0.1) is 12.7 Å². The van der Waals surface area contributed by atoms with Crippen LogP contribution in [0.25, 0.3) is 0 Å². The number of rotatable bonds is 4. The molecule has 1 aromatic heterocycles. The third kappa shape index (κ3) is 3.78. The summed E-state index contributed by atoms with van der Waals surface area (Å²) in [5, 5.41) is 4.27. The lowest BCUT2D eigenvalue weighted by Gasteiger charge is -2.35. The quantitative estimate of drug-likeness (QED) is 0.881. The Morgan fingerprint density at radius 2 is 2.08 bits per heavy atom. The van der Waals surface area contributed by atoms with E-state index in [1.54, 1.807) is 19.2 Å². The zero-order chi connectivity index (χ0) is 18.0. The summed E-state index contributed by atoms with van der Waals surface area (Å²) in [5.74, 6) is -0.288. The molecule has 134 valence electrons. The number of nitrogens with zero attached hydrogens (tertiary/aromatic N) is 3. The highest BCUT2D eigenvalue weighted by Crippen LogP contribution is 2.26. The maximum absolute atomic E-state index is 13.9. The minimum absolute atomic E-state index is 0.000765. The van der Waals surface area contributed by atoms with Crippen molar-refractivity contribution >= 4 is 34.0 Å². The third-order valence-corrected chi connectivity index (χ3v) is 5.72. The largest absolute Gasteiger partial charge is 0.378 e. The highest BCUT2D eigenvalue weighted by atomic mass is 35.5. The second-order valence-corrected chi connectivity index (χ2v) is 7.17. The number of amides is 1. The molecule has 1 aliphatic heterocycles. The predicted molar refractivity (Wildman–Crippen MR) is 99.0 cm³/mol. The predicted octanol–water partition coefficient (Wildman–Crippen LogP) is 3.24. The lowest BCUT2D eigenvalue weighted by Crippen LogP contribution is -2.48. The van der Waals surface area contributed by atoms with Crippen molar-refractivity contribution < 1.29 is 9.18 Å². The highest BCUT2D eigenvalue weighted by Gasteiger charge is 2.27. The molecule has 1 aromatic carbocycles. The van der Waals surface area contributed by atoms with E-state index in [1.807, 2.05) is 11.8 Å². The van der Waals surface area contributed by atoms with E-state index in [1.165, 1.54) is 17.6 Å². The molecule has 5 nitrogen and oxygen atoms in total. The second kappa shape index (κ2) is 7.68. The maximum Gasteiger partial charge on any atom is 0.258 e. The molecule has 1 aliphatic rings. The van der Waals surface area contributed by atoms with Crippen molar-refractivity contribution in [3.05, 3.63) is 45.9 Å². The summed E-state index contributed by atoms with van der Waals surface area (Å²) in [6, 6.07) is 4.73. The molecule has 0 bridgehead atoms. The zero-order valence-electron chi connectivity index (χ0n) is 14.2. The van der Waals surface area contributed by atoms with E-state index in [4.69, 9.17) is 11.6 Å². The van der Waals surface area contributed by atoms with Gasteiger partial charge in [-0.25, -0.2) is 4.39 Å². The van der Waals surface area contributed by atoms with Gasteiger partial charge in [0, 0.05) is 50.4 Å². The molecule has 0 unspecified atom stereocenters. The first-order valence-electron chi connectivity index (χ1n) is 8.09. The number of piperazine rings is 1. The van der Waals surface area contributed by atoms with Crippen LogP contribution in [-0.2, 0) is 6.54 Å². The lowest BCUT2D eigenvalue weighted by atomic mass is 10.1. The average molecular weight is 383 g/mol. The second-order valence-electron chi connectivity index (χ2n) is 5.99. The first-order valence-corrected chi connectivity index (χ1v) is 9.25. The van der Waals surface area contributed by atoms with E-state index in [-0.39, 0.29) is 11.7 Å². The van der Waals surface area contributed by atoms with Crippen LogP contribution in [0.15, 0.2) is 18.2 Å². The molecule has 1 N–H and O–H groups in total. The van der Waals surface area contributed by atoms with Gasteiger partial charge in [0.05, 0.1) is 11.3 Å². The van der Waals surface area contributed by atoms with Gasteiger partial charge in [-0.05, 0) is 30.6 Å². The van der Waals surface area contributed by atoms with Crippen LogP contribution in [0.1, 0.15) is 21.6 Å². The van der Waals surface area contributed by atoms with Gasteiger partial charge < -0.3 is 10.2 Å². The van der Waals surface area contributed by atoms with E-state index >= 15 is 0 Å². The Kier molecular flexibility index (Phi) is 5.56. The Hall–Kier alpha value is -1.70. The van der Waals surface area contributed by atoms with Crippen molar-refractivity contribution in [2.45, 2.75) is 13.5 Å². The number of aromatic nitrogens is 1. The van der Waals surface area contributed by atoms with Crippen LogP contribution in [0.5, 0.6) is 0 Å². The lowest BCUT2D eigenvalue weighted by molar-refractivity contribution is 0.0627. The summed E-state index contributed by atoms with van der Waals surface area (Å²) >= 11 is 7.40. The monoisotopic (exact) mass is 382 g/mol. The van der Waals surface area contributed by atoms with E-state index in [0.29, 0.717) is 48.9 Å². The fourth-order valence-electron chi connectivity index (χ4n) is 2.97. The molecule has 1 saturated heterocycles. The van der Waals surface area contributed by atoms with E-state index in [0.717, 1.165) is 10.7 Å². The molecule has 2 aromatic rings. The number of halogens is 2. The normalized spacial score (nSPS) is 15.4. The summed E-state index contributed by atoms with van der Waals surface area (Å²) in [5.41, 5.74) is 1.91. The van der Waals surface area contributed by atoms with Gasteiger partial charge in [-0.3, -0.25) is 9.69 Å². The van der Waals surface area contributed by atoms with Crippen molar-refractivity contribution in [1.29, 1.82) is 0 Å². The topological polar surface area (TPSA) is 48.5 Å². The molecule has 0 saturated carbocycles. The fourth-order valence-corrected chi connectivity index (χ4v) is 3.93. The van der Waals surface area contributed by atoms with Crippen molar-refractivity contribution in [3.63, 3.8) is 0 Å². The summed E-state index contributed by atoms with van der Waals surface area (Å²) in [6.45, 7) is 4.87. The summed E-state index contributed by atoms with van der Waals surface area (Å²) in [6.07, 6.45) is 0. The Morgan fingerprint density at radius 3 is 2.72 bits per heavy atom. The number of hydrogen-bond donors (Lipinski definition) is 1. The Balaban J connectivity index is 1.64. The SMILES string of the molecule is CNc1snc(C)c1C(=O)N1CCN(Cc2c(F)cccc2Cl)CC1. The number of nitrogens with one attached hydrogen (secondary N) is 1. The van der Waals surface area contributed by atoms with Crippen molar-refractivity contribution in [2.24, 2.45) is 0 Å². The standard InChI is InChI=1S/C17H20ClFN4OS/c1-11-15(16(20-2)25-21-11)17(24)23-8-6-22(7-9-23)10-12-13(18)4-3-5-14(12)19/h3-5,20H,6-10H2,1-2H3. The van der Waals surface area contributed by atoms with E-state index in [9.17, 15) is 9.18 Å². The van der Waals surface area contributed by atoms with Crippen molar-refractivity contribution in [3.8, 4) is 0 Å². The van der Waals surface area contributed by atoms with Crippen molar-refractivity contribution in [2.75, 3.05) is 38.5 Å². The number of carbonyl (C=O) groups excluding carboxylic acids is 1. The number of anilines is 1. The highest BCUT2D eigenvalue weighted by molar-refractivity contribution is 7.10. The van der Waals surface area contributed by atoms with Gasteiger partial charge in [-0.1, -0.05) is 17.7 Å². The van der Waals surface area contributed by atoms with Crippen molar-refractivity contribution in [1.82, 2.24) is 14.2 Å². The van der Waals surface area contributed by atoms with Crippen LogP contribution < -0.4 is 5.32 Å². The Labute approximate surface area is 155 Å². The minimum Gasteiger partial charge on any atom is -0.378 e. The average Bonchev–Trinajstić information content (AvgIpc) is 2.99. The van der Waals surface area contributed by atoms with E-state index < -0.39 is 0 Å². The molecular formula is C17H20ClFN4OS. The number of aryl methyl sites for hydroxylation is 1. The van der Waals surface area contributed by atoms with Gasteiger partial charge >= 0.3 is 0 Å². The van der Waals surface area contributed by atoms with Crippen LogP contribution in [0.3, 0.4) is 0 Å². The first kappa shape index (κ1) is 18.1. The summed E-state index contributed by atoms with van der Waals surface area (Å²) < 4.78 is 18.2. The van der Waals surface area contributed by atoms with Crippen LogP contribution in [0.4, 0.5) is 9.39 Å². The van der Waals surface area contributed by atoms with Gasteiger partial charge in [0.15, 0.2) is 0 Å². The molecule has 1 fully saturated rings. The first-order chi connectivity index (χ1) is 12.0. The molecule has 0 spiro atoms. The molecule has 0 radical (unpaired) electrons. The van der Waals surface area contributed by atoms with Gasteiger partial charge in [-0.15, -0.1) is 0 Å². The number of hydrogen-bond acceptors (Lipinski definition) is 5. The Bertz CT molecular complexity index is 754. The molecule has 8 heteroatoms. The van der Waals surface area contributed by atoms with Gasteiger partial charge in [0.2, 0.25) is 0 Å². The molecule has 1 amide bonds. The maximum atomic E-state index is 13.9. The van der Waals surface area contributed by atoms with Crippen LogP contribution in [-0.4, -0.2) is 53.3 Å². The number of benzene rings is 1. The summed E-state index contributed by atoms with van der Waals surface area (Å²) in [4.78, 5) is 16.7. The molecule has 2 heterocycles. The van der Waals surface area contributed by atoms with Crippen LogP contribution in [0.2, 0.25) is 5.02 Å². The van der Waals surface area contributed by atoms with Gasteiger partial charge in [-0.2, -0.15) is 4.37 Å². The number of carbonyl (C=O) groups is 1. The molecule has 0 atom stereocenters. The Morgan fingerprint density at radius 1 is 1.36 bits per heavy atom. The zero-order valence-corrected chi connectivity index (χ0v) is 15.8. The summed E-state index contributed by atoms with van der Waals surface area (Å²) in [7, 11) is 1.79. The minimum atomic E-state index is -0.287. The molecule has 3 rings (SSSR count). The van der Waals surface area contributed by atoms with Gasteiger partial charge in [0.25, 0.3) is 5.91 Å². The van der Waals surface area contributed by atoms with E-state index in [2.05, 4.69) is 14.6 Å². The smallest absolute Gasteiger partial charge is 0.258 e. The molecule has 0 aliphatic carbocycles. The molecular weight excluding hydrogens is 363 g/mol. The van der Waals surface area contributed by atoms with Crippen LogP contribution >= 0.6 is 23.1 Å². The molecule has 25 heavy (non-hydrogen) atoms.